The molecule has 5 rings (SSSR count). The number of aromatic nitrogens is 3. The van der Waals surface area contributed by atoms with Crippen molar-refractivity contribution in [1.29, 1.82) is 0 Å². The van der Waals surface area contributed by atoms with Crippen LogP contribution in [0.1, 0.15) is 40.5 Å². The van der Waals surface area contributed by atoms with Gasteiger partial charge in [-0.25, -0.2) is 9.97 Å². The van der Waals surface area contributed by atoms with Crippen molar-refractivity contribution in [3.63, 3.8) is 0 Å². The number of halogens is 3. The number of amides is 1. The lowest BCUT2D eigenvalue weighted by molar-refractivity contribution is -0.141. The number of carbonyl (C=O) groups is 1. The van der Waals surface area contributed by atoms with Gasteiger partial charge in [0.05, 0.1) is 5.56 Å². The van der Waals surface area contributed by atoms with Gasteiger partial charge in [0, 0.05) is 61.9 Å². The summed E-state index contributed by atoms with van der Waals surface area (Å²) >= 11 is 0. The van der Waals surface area contributed by atoms with Crippen LogP contribution in [0.5, 0.6) is 0 Å². The summed E-state index contributed by atoms with van der Waals surface area (Å²) in [5.74, 6) is 1.93. The number of alkyl halides is 3. The molecule has 1 aliphatic carbocycles. The molecule has 3 aliphatic rings. The van der Waals surface area contributed by atoms with Crippen molar-refractivity contribution in [1.82, 2.24) is 19.9 Å². The molecule has 1 saturated carbocycles. The summed E-state index contributed by atoms with van der Waals surface area (Å²) in [5, 5.41) is 0. The van der Waals surface area contributed by atoms with Crippen LogP contribution in [-0.2, 0) is 6.18 Å². The standard InChI is InChI=1S/C20H20F3N5O/c21-20(22,23)17-4-3-13(6-24-17)19(29)28-9-14-7-27(8-15(14)10-28)18-5-16(12-1-2-12)25-11-26-18/h3-6,11-12,14-15H,1-2,7-10H2. The summed E-state index contributed by atoms with van der Waals surface area (Å²) in [6.45, 7) is 2.84. The first kappa shape index (κ1) is 18.3. The average molecular weight is 403 g/mol. The predicted molar refractivity (Wildman–Crippen MR) is 98.3 cm³/mol. The topological polar surface area (TPSA) is 62.2 Å². The molecule has 2 aromatic rings. The Morgan fingerprint density at radius 1 is 1.00 bits per heavy atom. The van der Waals surface area contributed by atoms with E-state index in [1.54, 1.807) is 11.2 Å². The second-order valence-corrected chi connectivity index (χ2v) is 8.14. The van der Waals surface area contributed by atoms with Gasteiger partial charge in [0.1, 0.15) is 17.8 Å². The minimum Gasteiger partial charge on any atom is -0.356 e. The molecule has 9 heteroatoms. The van der Waals surface area contributed by atoms with Crippen LogP contribution in [0, 0.1) is 11.8 Å². The van der Waals surface area contributed by atoms with Crippen LogP contribution in [0.15, 0.2) is 30.7 Å². The fraction of sp³-hybridized carbons (Fsp3) is 0.500. The van der Waals surface area contributed by atoms with Gasteiger partial charge >= 0.3 is 6.18 Å². The fourth-order valence-corrected chi connectivity index (χ4v) is 4.35. The summed E-state index contributed by atoms with van der Waals surface area (Å²) in [7, 11) is 0. The quantitative estimate of drug-likeness (QED) is 0.789. The van der Waals surface area contributed by atoms with Gasteiger partial charge in [0.25, 0.3) is 5.91 Å². The van der Waals surface area contributed by atoms with E-state index in [9.17, 15) is 18.0 Å². The molecule has 0 aromatic carbocycles. The van der Waals surface area contributed by atoms with E-state index in [2.05, 4.69) is 25.9 Å². The first-order chi connectivity index (χ1) is 13.9. The molecule has 0 bridgehead atoms. The maximum Gasteiger partial charge on any atom is 0.433 e. The summed E-state index contributed by atoms with van der Waals surface area (Å²) in [4.78, 5) is 28.9. The molecule has 6 nitrogen and oxygen atoms in total. The molecule has 2 saturated heterocycles. The highest BCUT2D eigenvalue weighted by atomic mass is 19.4. The monoisotopic (exact) mass is 403 g/mol. The number of nitrogens with zero attached hydrogens (tertiary/aromatic N) is 5. The van der Waals surface area contributed by atoms with Crippen LogP contribution in [0.2, 0.25) is 0 Å². The maximum absolute atomic E-state index is 12.7. The molecule has 3 fully saturated rings. The molecule has 0 spiro atoms. The van der Waals surface area contributed by atoms with Crippen LogP contribution < -0.4 is 4.90 Å². The number of hydrogen-bond donors (Lipinski definition) is 0. The highest BCUT2D eigenvalue weighted by molar-refractivity contribution is 5.94. The van der Waals surface area contributed by atoms with E-state index in [1.807, 2.05) is 0 Å². The molecular formula is C20H20F3N5O. The molecule has 152 valence electrons. The first-order valence-corrected chi connectivity index (χ1v) is 9.78. The summed E-state index contributed by atoms with van der Waals surface area (Å²) in [5.41, 5.74) is 0.316. The lowest BCUT2D eigenvalue weighted by Gasteiger charge is -2.22. The summed E-state index contributed by atoms with van der Waals surface area (Å²) in [6, 6.07) is 4.15. The fourth-order valence-electron chi connectivity index (χ4n) is 4.35. The number of anilines is 1. The van der Waals surface area contributed by atoms with E-state index in [-0.39, 0.29) is 11.5 Å². The van der Waals surface area contributed by atoms with E-state index in [0.717, 1.165) is 36.9 Å². The van der Waals surface area contributed by atoms with E-state index in [4.69, 9.17) is 0 Å². The zero-order valence-corrected chi connectivity index (χ0v) is 15.6. The van der Waals surface area contributed by atoms with Gasteiger partial charge in [-0.05, 0) is 25.0 Å². The third-order valence-corrected chi connectivity index (χ3v) is 6.07. The van der Waals surface area contributed by atoms with Crippen molar-refractivity contribution in [2.75, 3.05) is 31.1 Å². The Kier molecular flexibility index (Phi) is 4.22. The number of carbonyl (C=O) groups excluding carboxylic acids is 1. The molecule has 0 N–H and O–H groups in total. The minimum atomic E-state index is -4.50. The van der Waals surface area contributed by atoms with E-state index < -0.39 is 11.9 Å². The molecule has 2 unspecified atom stereocenters. The lowest BCUT2D eigenvalue weighted by atomic mass is 10.0. The Labute approximate surface area is 165 Å². The molecule has 2 aliphatic heterocycles. The predicted octanol–water partition coefficient (Wildman–Crippen LogP) is 2.98. The SMILES string of the molecule is O=C(c1ccc(C(F)(F)F)nc1)N1CC2CN(c3cc(C4CC4)ncn3)CC2C1. The molecule has 29 heavy (non-hydrogen) atoms. The van der Waals surface area contributed by atoms with E-state index in [0.29, 0.717) is 30.8 Å². The summed E-state index contributed by atoms with van der Waals surface area (Å²) in [6.07, 6.45) is 0.529. The molecule has 0 radical (unpaired) electrons. The Morgan fingerprint density at radius 2 is 1.72 bits per heavy atom. The number of fused-ring (bicyclic) bond motifs is 1. The second kappa shape index (κ2) is 6.67. The van der Waals surface area contributed by atoms with Gasteiger partial charge in [-0.1, -0.05) is 0 Å². The van der Waals surface area contributed by atoms with E-state index in [1.165, 1.54) is 18.9 Å². The number of rotatable bonds is 3. The molecule has 1 amide bonds. The van der Waals surface area contributed by atoms with Crippen LogP contribution in [0.25, 0.3) is 0 Å². The second-order valence-electron chi connectivity index (χ2n) is 8.14. The third-order valence-electron chi connectivity index (χ3n) is 6.07. The van der Waals surface area contributed by atoms with Gasteiger partial charge in [0.2, 0.25) is 0 Å². The highest BCUT2D eigenvalue weighted by Crippen LogP contribution is 2.40. The largest absolute Gasteiger partial charge is 0.433 e. The first-order valence-electron chi connectivity index (χ1n) is 9.78. The number of likely N-dealkylation sites (tertiary alicyclic amines) is 1. The average Bonchev–Trinajstić information content (AvgIpc) is 3.37. The molecule has 2 atom stereocenters. The minimum absolute atomic E-state index is 0.194. The van der Waals surface area contributed by atoms with Crippen molar-refractivity contribution >= 4 is 11.7 Å². The van der Waals surface area contributed by atoms with Crippen LogP contribution >= 0.6 is 0 Å². The van der Waals surface area contributed by atoms with Crippen molar-refractivity contribution < 1.29 is 18.0 Å². The smallest absolute Gasteiger partial charge is 0.356 e. The zero-order chi connectivity index (χ0) is 20.2. The maximum atomic E-state index is 12.7. The zero-order valence-electron chi connectivity index (χ0n) is 15.6. The third kappa shape index (κ3) is 3.54. The van der Waals surface area contributed by atoms with Crippen molar-refractivity contribution in [3.8, 4) is 0 Å². The number of hydrogen-bond acceptors (Lipinski definition) is 5. The molecule has 4 heterocycles. The Bertz CT molecular complexity index is 914. The van der Waals surface area contributed by atoms with Crippen LogP contribution in [-0.4, -0.2) is 51.9 Å². The van der Waals surface area contributed by atoms with Gasteiger partial charge < -0.3 is 9.80 Å². The van der Waals surface area contributed by atoms with Gasteiger partial charge in [0.15, 0.2) is 0 Å². The Hall–Kier alpha value is -2.71. The lowest BCUT2D eigenvalue weighted by Crippen LogP contribution is -2.33. The van der Waals surface area contributed by atoms with Gasteiger partial charge in [-0.15, -0.1) is 0 Å². The van der Waals surface area contributed by atoms with Crippen molar-refractivity contribution in [2.45, 2.75) is 24.9 Å². The summed E-state index contributed by atoms with van der Waals surface area (Å²) < 4.78 is 38.0. The van der Waals surface area contributed by atoms with Crippen LogP contribution in [0.3, 0.4) is 0 Å². The highest BCUT2D eigenvalue weighted by Gasteiger charge is 2.42. The van der Waals surface area contributed by atoms with E-state index >= 15 is 0 Å². The van der Waals surface area contributed by atoms with Gasteiger partial charge in [-0.2, -0.15) is 13.2 Å². The Balaban J connectivity index is 1.23. The van der Waals surface area contributed by atoms with Crippen molar-refractivity contribution in [3.05, 3.63) is 47.7 Å². The van der Waals surface area contributed by atoms with Crippen molar-refractivity contribution in [2.24, 2.45) is 11.8 Å². The molecule has 2 aromatic heterocycles. The Morgan fingerprint density at radius 3 is 2.31 bits per heavy atom. The molecular weight excluding hydrogens is 383 g/mol. The number of pyridine rings is 1. The normalized spacial score (nSPS) is 24.1. The van der Waals surface area contributed by atoms with Crippen LogP contribution in [0.4, 0.5) is 19.0 Å². The van der Waals surface area contributed by atoms with Gasteiger partial charge in [-0.3, -0.25) is 9.78 Å².